The number of nitro benzene ring substituents is 1. The average Bonchev–Trinajstić information content (AvgIpc) is 2.42. The second-order valence-corrected chi connectivity index (χ2v) is 3.32. The van der Waals surface area contributed by atoms with Gasteiger partial charge in [-0.25, -0.2) is 11.0 Å². The van der Waals surface area contributed by atoms with Gasteiger partial charge in [0.2, 0.25) is 0 Å². The second-order valence-electron chi connectivity index (χ2n) is 3.32. The van der Waals surface area contributed by atoms with Gasteiger partial charge in [-0.1, -0.05) is 39.8 Å². The number of hydrazone groups is 1. The van der Waals surface area contributed by atoms with Crippen LogP contribution in [0.3, 0.4) is 0 Å². The largest absolute Gasteiger partial charge is 0.382 e. The highest BCUT2D eigenvalue weighted by molar-refractivity contribution is 5.97. The van der Waals surface area contributed by atoms with Crippen molar-refractivity contribution in [1.82, 2.24) is 5.12 Å². The Bertz CT molecular complexity index is 444. The summed E-state index contributed by atoms with van der Waals surface area (Å²) < 4.78 is 0. The maximum Gasteiger partial charge on any atom is 0.273 e. The van der Waals surface area contributed by atoms with Gasteiger partial charge < -0.3 is 5.73 Å². The molecule has 1 aromatic rings. The number of nitro groups is 1. The van der Waals surface area contributed by atoms with E-state index in [1.54, 1.807) is 19.1 Å². The zero-order chi connectivity index (χ0) is 16.3. The molecule has 0 fully saturated rings. The van der Waals surface area contributed by atoms with Gasteiger partial charge in [-0.3, -0.25) is 10.1 Å². The first kappa shape index (κ1) is 20.2. The van der Waals surface area contributed by atoms with Gasteiger partial charge in [-0.15, -0.1) is 5.10 Å². The van der Waals surface area contributed by atoms with Gasteiger partial charge in [0.25, 0.3) is 5.69 Å². The molecule has 0 radical (unpaired) electrons. The van der Waals surface area contributed by atoms with Crippen LogP contribution < -0.4 is 11.6 Å². The smallest absolute Gasteiger partial charge is 0.273 e. The van der Waals surface area contributed by atoms with Gasteiger partial charge in [0, 0.05) is 24.2 Å². The Balaban J connectivity index is 0. The lowest BCUT2D eigenvalue weighted by Crippen LogP contribution is -2.25. The molecular weight excluding hydrogens is 258 g/mol. The molecule has 0 bridgehead atoms. The van der Waals surface area contributed by atoms with Crippen LogP contribution in [0.4, 0.5) is 5.69 Å². The Kier molecular flexibility index (Phi) is 10.8. The maximum absolute atomic E-state index is 10.7. The summed E-state index contributed by atoms with van der Waals surface area (Å²) in [7, 11) is 1.51. The summed E-state index contributed by atoms with van der Waals surface area (Å²) >= 11 is 0. The Labute approximate surface area is 120 Å². The molecule has 0 heterocycles. The lowest BCUT2D eigenvalue weighted by Gasteiger charge is -2.07. The third-order valence-electron chi connectivity index (χ3n) is 1.97. The first-order valence-corrected chi connectivity index (χ1v) is 6.49. The lowest BCUT2D eigenvalue weighted by molar-refractivity contribution is -0.385. The second kappa shape index (κ2) is 10.7. The van der Waals surface area contributed by atoms with Crippen LogP contribution in [-0.4, -0.2) is 22.9 Å². The van der Waals surface area contributed by atoms with Crippen LogP contribution in [0.25, 0.3) is 0 Å². The van der Waals surface area contributed by atoms with E-state index >= 15 is 0 Å². The third kappa shape index (κ3) is 6.69. The van der Waals surface area contributed by atoms with Crippen LogP contribution in [0.15, 0.2) is 23.3 Å². The molecule has 0 aromatic heterocycles. The fraction of sp³-hybridized carbons (Fsp3) is 0.462. The fourth-order valence-corrected chi connectivity index (χ4v) is 1.19. The maximum atomic E-state index is 10.7. The molecule has 0 amide bonds. The summed E-state index contributed by atoms with van der Waals surface area (Å²) in [5, 5.41) is 15.5. The summed E-state index contributed by atoms with van der Waals surface area (Å²) in [6, 6.07) is 4.65. The normalized spacial score (nSPS) is 9.65. The molecule has 0 unspecified atom stereocenters. The summed E-state index contributed by atoms with van der Waals surface area (Å²) in [4.78, 5) is 10.2. The number of nitrogens with two attached hydrogens (primary N) is 2. The molecule has 0 aliphatic rings. The molecule has 114 valence electrons. The van der Waals surface area contributed by atoms with Crippen LogP contribution in [0.2, 0.25) is 0 Å². The van der Waals surface area contributed by atoms with Crippen LogP contribution in [0, 0.1) is 17.0 Å². The summed E-state index contributed by atoms with van der Waals surface area (Å²) in [6.45, 7) is 9.66. The van der Waals surface area contributed by atoms with E-state index in [0.717, 1.165) is 5.12 Å². The molecule has 1 aromatic carbocycles. The highest BCUT2D eigenvalue weighted by Gasteiger charge is 2.12. The standard InChI is InChI=1S/C9H13N5O2.2C2H6/c1-6-3-4-7(5-8(6)14(15)16)9(10)12-13(2)11;2*1-2/h3-5H,11H2,1-2H3,(H2,10,12);2*1-2H3. The molecule has 0 aliphatic heterocycles. The van der Waals surface area contributed by atoms with Gasteiger partial charge in [-0.2, -0.15) is 0 Å². The predicted molar refractivity (Wildman–Crippen MR) is 83.2 cm³/mol. The Hall–Kier alpha value is -2.15. The van der Waals surface area contributed by atoms with Crippen LogP contribution >= 0.6 is 0 Å². The quantitative estimate of drug-likeness (QED) is 0.291. The molecule has 7 nitrogen and oxygen atoms in total. The van der Waals surface area contributed by atoms with Gasteiger partial charge in [0.1, 0.15) is 0 Å². The number of benzene rings is 1. The molecule has 20 heavy (non-hydrogen) atoms. The van der Waals surface area contributed by atoms with E-state index in [1.165, 1.54) is 13.1 Å². The summed E-state index contributed by atoms with van der Waals surface area (Å²) in [6.07, 6.45) is 0. The first-order chi connectivity index (χ1) is 9.41. The Morgan fingerprint density at radius 3 is 2.20 bits per heavy atom. The molecular formula is C13H25N5O2. The highest BCUT2D eigenvalue weighted by Crippen LogP contribution is 2.18. The number of hydrazine groups is 1. The number of amidine groups is 1. The number of hydrogen-bond donors (Lipinski definition) is 2. The number of rotatable bonds is 3. The van der Waals surface area contributed by atoms with E-state index in [4.69, 9.17) is 11.6 Å². The molecule has 0 saturated heterocycles. The highest BCUT2D eigenvalue weighted by atomic mass is 16.6. The lowest BCUT2D eigenvalue weighted by atomic mass is 10.1. The van der Waals surface area contributed by atoms with Crippen molar-refractivity contribution in [2.45, 2.75) is 34.6 Å². The van der Waals surface area contributed by atoms with Crippen molar-refractivity contribution in [3.8, 4) is 0 Å². The van der Waals surface area contributed by atoms with Crippen LogP contribution in [0.5, 0.6) is 0 Å². The van der Waals surface area contributed by atoms with E-state index in [1.807, 2.05) is 27.7 Å². The predicted octanol–water partition coefficient (Wildman–Crippen LogP) is 2.38. The molecule has 0 saturated carbocycles. The van der Waals surface area contributed by atoms with Crippen LogP contribution in [-0.2, 0) is 0 Å². The monoisotopic (exact) mass is 283 g/mol. The topological polar surface area (TPSA) is 111 Å². The number of nitrogens with zero attached hydrogens (tertiary/aromatic N) is 3. The Morgan fingerprint density at radius 1 is 1.30 bits per heavy atom. The van der Waals surface area contributed by atoms with Crippen molar-refractivity contribution in [1.29, 1.82) is 0 Å². The van der Waals surface area contributed by atoms with Crippen molar-refractivity contribution in [3.05, 3.63) is 39.4 Å². The van der Waals surface area contributed by atoms with Crippen molar-refractivity contribution in [2.75, 3.05) is 7.05 Å². The van der Waals surface area contributed by atoms with Crippen molar-refractivity contribution >= 4 is 11.5 Å². The van der Waals surface area contributed by atoms with E-state index in [-0.39, 0.29) is 11.5 Å². The summed E-state index contributed by atoms with van der Waals surface area (Å²) in [5.41, 5.74) is 6.67. The molecule has 1 rings (SSSR count). The van der Waals surface area contributed by atoms with E-state index in [9.17, 15) is 10.1 Å². The van der Waals surface area contributed by atoms with E-state index in [0.29, 0.717) is 11.1 Å². The van der Waals surface area contributed by atoms with Gasteiger partial charge in [0.05, 0.1) is 4.92 Å². The van der Waals surface area contributed by atoms with E-state index < -0.39 is 4.92 Å². The molecule has 4 N–H and O–H groups in total. The van der Waals surface area contributed by atoms with E-state index in [2.05, 4.69) is 5.10 Å². The first-order valence-electron chi connectivity index (χ1n) is 6.49. The number of hydrogen-bond acceptors (Lipinski definition) is 5. The van der Waals surface area contributed by atoms with Crippen molar-refractivity contribution in [3.63, 3.8) is 0 Å². The minimum atomic E-state index is -0.460. The minimum Gasteiger partial charge on any atom is -0.382 e. The molecule has 0 spiro atoms. The zero-order valence-corrected chi connectivity index (χ0v) is 13.0. The number of aryl methyl sites for hydroxylation is 1. The summed E-state index contributed by atoms with van der Waals surface area (Å²) in [5.74, 6) is 5.42. The minimum absolute atomic E-state index is 0.00956. The van der Waals surface area contributed by atoms with Gasteiger partial charge >= 0.3 is 0 Å². The molecule has 0 atom stereocenters. The van der Waals surface area contributed by atoms with Crippen LogP contribution in [0.1, 0.15) is 38.8 Å². The van der Waals surface area contributed by atoms with Gasteiger partial charge in [-0.05, 0) is 6.92 Å². The van der Waals surface area contributed by atoms with Crippen molar-refractivity contribution in [2.24, 2.45) is 16.7 Å². The Morgan fingerprint density at radius 2 is 1.80 bits per heavy atom. The zero-order valence-electron chi connectivity index (χ0n) is 13.0. The average molecular weight is 283 g/mol. The van der Waals surface area contributed by atoms with Crippen molar-refractivity contribution < 1.29 is 4.92 Å². The van der Waals surface area contributed by atoms with Gasteiger partial charge in [0.15, 0.2) is 5.84 Å². The fourth-order valence-electron chi connectivity index (χ4n) is 1.19. The SMILES string of the molecule is CC.CC.Cc1ccc(/C(N)=N/N(C)N)cc1[N+](=O)[O-]. The third-order valence-corrected chi connectivity index (χ3v) is 1.97. The molecule has 0 aliphatic carbocycles. The molecule has 7 heteroatoms.